The molecule has 0 saturated heterocycles. The smallest absolute Gasteiger partial charge is 0.101 e. The maximum Gasteiger partial charge on any atom is 0.101 e. The normalized spacial score (nSPS) is 13.9. The minimum absolute atomic E-state index is 0.662. The van der Waals surface area contributed by atoms with Crippen molar-refractivity contribution in [1.82, 2.24) is 16.0 Å². The summed E-state index contributed by atoms with van der Waals surface area (Å²) in [7, 11) is 1.70. The van der Waals surface area contributed by atoms with Crippen LogP contribution in [0.15, 0.2) is 42.2 Å². The summed E-state index contributed by atoms with van der Waals surface area (Å²) in [5.74, 6) is 0.662. The van der Waals surface area contributed by atoms with E-state index in [0.717, 1.165) is 30.8 Å². The van der Waals surface area contributed by atoms with Gasteiger partial charge in [-0.05, 0) is 35.7 Å². The summed E-state index contributed by atoms with van der Waals surface area (Å²) >= 11 is 0. The van der Waals surface area contributed by atoms with Crippen LogP contribution in [0.5, 0.6) is 0 Å². The molecule has 0 aliphatic carbocycles. The Labute approximate surface area is 114 Å². The second-order valence-electron chi connectivity index (χ2n) is 4.52. The first kappa shape index (κ1) is 13.4. The largest absolute Gasteiger partial charge is 0.342 e. The van der Waals surface area contributed by atoms with Gasteiger partial charge in [0.05, 0.1) is 6.34 Å². The molecular formula is C15H20N4. The summed E-state index contributed by atoms with van der Waals surface area (Å²) in [6, 6.07) is 6.45. The molecule has 2 rings (SSSR count). The Morgan fingerprint density at radius 3 is 3.00 bits per heavy atom. The number of nitrogens with zero attached hydrogens (tertiary/aromatic N) is 1. The van der Waals surface area contributed by atoms with Crippen molar-refractivity contribution in [3.05, 3.63) is 53.9 Å². The van der Waals surface area contributed by atoms with Crippen molar-refractivity contribution in [2.24, 2.45) is 4.99 Å². The van der Waals surface area contributed by atoms with Crippen molar-refractivity contribution in [3.63, 3.8) is 0 Å². The lowest BCUT2D eigenvalue weighted by Crippen LogP contribution is -2.25. The summed E-state index contributed by atoms with van der Waals surface area (Å²) in [5.41, 5.74) is 4.70. The molecule has 0 fully saturated rings. The van der Waals surface area contributed by atoms with Crippen LogP contribution in [0.3, 0.4) is 0 Å². The number of hydrogen-bond acceptors (Lipinski definition) is 3. The van der Waals surface area contributed by atoms with Crippen LogP contribution in [-0.4, -0.2) is 19.9 Å². The number of rotatable bonds is 5. The van der Waals surface area contributed by atoms with E-state index >= 15 is 0 Å². The van der Waals surface area contributed by atoms with Crippen molar-refractivity contribution >= 4 is 12.0 Å². The van der Waals surface area contributed by atoms with E-state index in [9.17, 15) is 0 Å². The molecule has 3 N–H and O–H groups in total. The van der Waals surface area contributed by atoms with Crippen LogP contribution in [0.2, 0.25) is 0 Å². The van der Waals surface area contributed by atoms with Crippen molar-refractivity contribution in [1.29, 1.82) is 0 Å². The predicted molar refractivity (Wildman–Crippen MR) is 80.7 cm³/mol. The van der Waals surface area contributed by atoms with Gasteiger partial charge in [-0.25, -0.2) is 0 Å². The minimum atomic E-state index is 0.662. The maximum absolute atomic E-state index is 4.05. The van der Waals surface area contributed by atoms with Crippen LogP contribution in [0.4, 0.5) is 0 Å². The lowest BCUT2D eigenvalue weighted by molar-refractivity contribution is 0.643. The molecule has 0 radical (unpaired) electrons. The first-order valence-electron chi connectivity index (χ1n) is 6.35. The molecule has 0 bridgehead atoms. The molecule has 0 unspecified atom stereocenters. The standard InChI is InChI=1S/C15H20N4/c1-11(19-12(2)18-10-16-3)13-4-5-15-9-17-7-6-14(15)8-13/h4-5,8,10,17,19H,1-2,6-7,9H2,3H3,(H,16,18). The predicted octanol–water partition coefficient (Wildman–Crippen LogP) is 1.61. The second kappa shape index (κ2) is 6.20. The molecule has 0 amide bonds. The summed E-state index contributed by atoms with van der Waals surface area (Å²) in [4.78, 5) is 3.84. The van der Waals surface area contributed by atoms with Gasteiger partial charge in [0.25, 0.3) is 0 Å². The van der Waals surface area contributed by atoms with Crippen LogP contribution in [-0.2, 0) is 13.0 Å². The zero-order valence-electron chi connectivity index (χ0n) is 11.3. The highest BCUT2D eigenvalue weighted by molar-refractivity contribution is 5.66. The Morgan fingerprint density at radius 1 is 1.37 bits per heavy atom. The van der Waals surface area contributed by atoms with E-state index < -0.39 is 0 Å². The fraction of sp³-hybridized carbons (Fsp3) is 0.267. The van der Waals surface area contributed by atoms with Crippen molar-refractivity contribution < 1.29 is 0 Å². The van der Waals surface area contributed by atoms with E-state index in [1.54, 1.807) is 13.4 Å². The van der Waals surface area contributed by atoms with Gasteiger partial charge in [-0.1, -0.05) is 25.3 Å². The zero-order valence-corrected chi connectivity index (χ0v) is 11.3. The fourth-order valence-electron chi connectivity index (χ4n) is 2.10. The molecule has 0 spiro atoms. The molecule has 0 atom stereocenters. The number of nitrogens with one attached hydrogen (secondary N) is 3. The Balaban J connectivity index is 2.05. The lowest BCUT2D eigenvalue weighted by Gasteiger charge is -2.19. The van der Waals surface area contributed by atoms with Crippen molar-refractivity contribution in [2.45, 2.75) is 13.0 Å². The Kier molecular flexibility index (Phi) is 4.36. The monoisotopic (exact) mass is 256 g/mol. The Morgan fingerprint density at radius 2 is 2.21 bits per heavy atom. The summed E-state index contributed by atoms with van der Waals surface area (Å²) < 4.78 is 0. The zero-order chi connectivity index (χ0) is 13.7. The average Bonchev–Trinajstić information content (AvgIpc) is 2.44. The van der Waals surface area contributed by atoms with Gasteiger partial charge in [0.2, 0.25) is 0 Å². The first-order chi connectivity index (χ1) is 9.20. The SMILES string of the molecule is C=C(NC=NC)NC(=C)c1ccc2c(c1)CCNC2. The molecule has 4 heteroatoms. The average molecular weight is 256 g/mol. The Hall–Kier alpha value is -2.07. The molecule has 1 aromatic carbocycles. The van der Waals surface area contributed by atoms with Crippen molar-refractivity contribution in [3.8, 4) is 0 Å². The van der Waals surface area contributed by atoms with E-state index in [0.29, 0.717) is 5.82 Å². The second-order valence-corrected chi connectivity index (χ2v) is 4.52. The van der Waals surface area contributed by atoms with Gasteiger partial charge in [-0.15, -0.1) is 0 Å². The highest BCUT2D eigenvalue weighted by Gasteiger charge is 2.10. The Bertz CT molecular complexity index is 517. The van der Waals surface area contributed by atoms with Gasteiger partial charge in [0.15, 0.2) is 0 Å². The fourth-order valence-corrected chi connectivity index (χ4v) is 2.10. The third kappa shape index (κ3) is 3.45. The number of hydrogen-bond donors (Lipinski definition) is 3. The van der Waals surface area contributed by atoms with Gasteiger partial charge in [-0.3, -0.25) is 4.99 Å². The quantitative estimate of drug-likeness (QED) is 0.554. The highest BCUT2D eigenvalue weighted by atomic mass is 15.1. The molecular weight excluding hydrogens is 236 g/mol. The van der Waals surface area contributed by atoms with Crippen LogP contribution < -0.4 is 16.0 Å². The topological polar surface area (TPSA) is 48.5 Å². The lowest BCUT2D eigenvalue weighted by atomic mass is 9.97. The van der Waals surface area contributed by atoms with Crippen LogP contribution in [0.1, 0.15) is 16.7 Å². The van der Waals surface area contributed by atoms with Gasteiger partial charge >= 0.3 is 0 Å². The first-order valence-corrected chi connectivity index (χ1v) is 6.35. The van der Waals surface area contributed by atoms with E-state index in [1.165, 1.54) is 11.1 Å². The third-order valence-corrected chi connectivity index (χ3v) is 3.11. The van der Waals surface area contributed by atoms with E-state index in [2.05, 4.69) is 52.3 Å². The molecule has 1 aliphatic heterocycles. The minimum Gasteiger partial charge on any atom is -0.342 e. The van der Waals surface area contributed by atoms with E-state index in [1.807, 2.05) is 0 Å². The van der Waals surface area contributed by atoms with E-state index in [4.69, 9.17) is 0 Å². The number of benzene rings is 1. The van der Waals surface area contributed by atoms with Gasteiger partial charge in [-0.2, -0.15) is 0 Å². The maximum atomic E-state index is 4.05. The van der Waals surface area contributed by atoms with Gasteiger partial charge in [0.1, 0.15) is 5.82 Å². The molecule has 1 aliphatic rings. The van der Waals surface area contributed by atoms with Crippen LogP contribution in [0.25, 0.3) is 5.70 Å². The molecule has 19 heavy (non-hydrogen) atoms. The summed E-state index contributed by atoms with van der Waals surface area (Å²) in [6.07, 6.45) is 2.65. The number of fused-ring (bicyclic) bond motifs is 1. The summed E-state index contributed by atoms with van der Waals surface area (Å²) in [6.45, 7) is 9.91. The van der Waals surface area contributed by atoms with Gasteiger partial charge in [0, 0.05) is 19.3 Å². The van der Waals surface area contributed by atoms with Crippen LogP contribution in [0, 0.1) is 0 Å². The third-order valence-electron chi connectivity index (χ3n) is 3.11. The number of aliphatic imine (C=N–C) groups is 1. The molecule has 4 nitrogen and oxygen atoms in total. The molecule has 1 heterocycles. The molecule has 0 saturated carbocycles. The van der Waals surface area contributed by atoms with Gasteiger partial charge < -0.3 is 16.0 Å². The highest BCUT2D eigenvalue weighted by Crippen LogP contribution is 2.19. The van der Waals surface area contributed by atoms with E-state index in [-0.39, 0.29) is 0 Å². The molecule has 0 aromatic heterocycles. The molecule has 100 valence electrons. The van der Waals surface area contributed by atoms with Crippen molar-refractivity contribution in [2.75, 3.05) is 13.6 Å². The summed E-state index contributed by atoms with van der Waals surface area (Å²) in [5, 5.41) is 9.43. The van der Waals surface area contributed by atoms with Crippen LogP contribution >= 0.6 is 0 Å². The molecule has 1 aromatic rings.